The van der Waals surface area contributed by atoms with Crippen LogP contribution in [0.4, 0.5) is 5.69 Å². The normalized spacial score (nSPS) is 10.3. The Labute approximate surface area is 86.0 Å². The molecule has 0 fully saturated rings. The summed E-state index contributed by atoms with van der Waals surface area (Å²) in [4.78, 5) is 21.1. The second kappa shape index (κ2) is 4.07. The first kappa shape index (κ1) is 11.2. The van der Waals surface area contributed by atoms with E-state index in [0.717, 1.165) is 0 Å². The maximum absolute atomic E-state index is 10.9. The van der Waals surface area contributed by atoms with Crippen LogP contribution in [0.5, 0.6) is 0 Å². The van der Waals surface area contributed by atoms with E-state index in [1.165, 1.54) is 4.68 Å². The minimum Gasteiger partial charge on any atom is -0.364 e. The van der Waals surface area contributed by atoms with Gasteiger partial charge in [0.05, 0.1) is 4.92 Å². The maximum atomic E-state index is 10.9. The second-order valence-electron chi connectivity index (χ2n) is 2.84. The predicted octanol–water partition coefficient (Wildman–Crippen LogP) is 0.287. The van der Waals surface area contributed by atoms with Gasteiger partial charge in [-0.15, -0.1) is 0 Å². The van der Waals surface area contributed by atoms with E-state index in [-0.39, 0.29) is 17.9 Å². The number of carbonyl (C=O) groups excluding carboxylic acids is 1. The number of nitrogens with two attached hydrogens (primary N) is 1. The molecule has 0 saturated carbocycles. The molecule has 7 nitrogen and oxygen atoms in total. The lowest BCUT2D eigenvalue weighted by molar-refractivity contribution is -0.385. The Hall–Kier alpha value is -1.92. The molecule has 1 aromatic rings. The maximum Gasteiger partial charge on any atom is 0.323 e. The quantitative estimate of drug-likeness (QED) is 0.570. The highest BCUT2D eigenvalue weighted by molar-refractivity contribution is 5.95. The van der Waals surface area contributed by atoms with E-state index in [4.69, 9.17) is 5.73 Å². The van der Waals surface area contributed by atoms with Gasteiger partial charge in [-0.2, -0.15) is 5.10 Å². The van der Waals surface area contributed by atoms with Crippen LogP contribution in [-0.4, -0.2) is 20.6 Å². The summed E-state index contributed by atoms with van der Waals surface area (Å²) in [5, 5.41) is 14.5. The van der Waals surface area contributed by atoms with E-state index in [1.54, 1.807) is 6.92 Å². The Morgan fingerprint density at radius 2 is 2.33 bits per heavy atom. The van der Waals surface area contributed by atoms with Crippen LogP contribution in [0.15, 0.2) is 0 Å². The highest BCUT2D eigenvalue weighted by Gasteiger charge is 2.29. The summed E-state index contributed by atoms with van der Waals surface area (Å²) in [7, 11) is 0. The molecule has 1 rings (SSSR count). The van der Waals surface area contributed by atoms with Crippen LogP contribution in [0.25, 0.3) is 0 Å². The number of amides is 1. The van der Waals surface area contributed by atoms with Crippen LogP contribution in [0, 0.1) is 17.0 Å². The molecule has 1 aromatic heterocycles. The summed E-state index contributed by atoms with van der Waals surface area (Å²) in [6, 6.07) is 0. The highest BCUT2D eigenvalue weighted by atomic mass is 16.6. The van der Waals surface area contributed by atoms with Gasteiger partial charge in [0.1, 0.15) is 5.69 Å². The first-order chi connectivity index (χ1) is 7.02. The zero-order valence-corrected chi connectivity index (χ0v) is 8.27. The number of aromatic nitrogens is 2. The average molecular weight is 211 g/mol. The third-order valence-electron chi connectivity index (χ3n) is 1.99. The third-order valence-corrected chi connectivity index (χ3v) is 1.99. The molecule has 1 amide bonds. The fraction of sp³-hybridized carbons (Fsp3) is 0.375. The Morgan fingerprint density at radius 1 is 1.73 bits per heavy atom. The van der Waals surface area contributed by atoms with E-state index in [2.05, 4.69) is 12.0 Å². The molecule has 2 N–H and O–H groups in total. The molecule has 0 aliphatic heterocycles. The highest BCUT2D eigenvalue weighted by Crippen LogP contribution is 2.23. The number of primary amides is 1. The number of hydrogen-bond acceptors (Lipinski definition) is 4. The standard InChI is InChI=1S/C8H11N4O3/c1-3-5-7(12(14)15)6(8(9)13)10-11(5)4-2/h2-4H2,1H3,(H2,9,13). The first-order valence-electron chi connectivity index (χ1n) is 4.36. The van der Waals surface area contributed by atoms with Crippen molar-refractivity contribution in [3.05, 3.63) is 28.4 Å². The number of carbonyl (C=O) groups is 1. The molecule has 0 bridgehead atoms. The lowest BCUT2D eigenvalue weighted by Crippen LogP contribution is -2.14. The van der Waals surface area contributed by atoms with Crippen molar-refractivity contribution in [2.75, 3.05) is 0 Å². The fourth-order valence-corrected chi connectivity index (χ4v) is 1.38. The minimum atomic E-state index is -0.899. The van der Waals surface area contributed by atoms with Crippen molar-refractivity contribution >= 4 is 11.6 Å². The van der Waals surface area contributed by atoms with Gasteiger partial charge in [-0.3, -0.25) is 19.6 Å². The van der Waals surface area contributed by atoms with E-state index >= 15 is 0 Å². The number of rotatable bonds is 4. The summed E-state index contributed by atoms with van der Waals surface area (Å²) in [6.45, 7) is 5.52. The molecule has 0 unspecified atom stereocenters. The van der Waals surface area contributed by atoms with Crippen molar-refractivity contribution in [2.45, 2.75) is 19.9 Å². The largest absolute Gasteiger partial charge is 0.364 e. The van der Waals surface area contributed by atoms with E-state index < -0.39 is 10.8 Å². The number of nitrogens with zero attached hydrogens (tertiary/aromatic N) is 3. The van der Waals surface area contributed by atoms with Crippen molar-refractivity contribution in [1.29, 1.82) is 0 Å². The Bertz CT molecular complexity index is 410. The van der Waals surface area contributed by atoms with E-state index in [1.807, 2.05) is 0 Å². The van der Waals surface area contributed by atoms with Crippen molar-refractivity contribution < 1.29 is 9.72 Å². The summed E-state index contributed by atoms with van der Waals surface area (Å²) in [5.74, 6) is -0.899. The van der Waals surface area contributed by atoms with E-state index in [9.17, 15) is 14.9 Å². The molecule has 81 valence electrons. The van der Waals surface area contributed by atoms with Gasteiger partial charge in [-0.1, -0.05) is 6.92 Å². The smallest absolute Gasteiger partial charge is 0.323 e. The molecule has 0 aliphatic carbocycles. The molecule has 15 heavy (non-hydrogen) atoms. The third kappa shape index (κ3) is 1.80. The number of nitro groups is 1. The zero-order chi connectivity index (χ0) is 11.6. The second-order valence-corrected chi connectivity index (χ2v) is 2.84. The molecule has 0 spiro atoms. The van der Waals surface area contributed by atoms with Crippen LogP contribution in [0.1, 0.15) is 23.1 Å². The summed E-state index contributed by atoms with van der Waals surface area (Å²) < 4.78 is 1.32. The molecule has 7 heteroatoms. The Morgan fingerprint density at radius 3 is 2.67 bits per heavy atom. The van der Waals surface area contributed by atoms with Crippen LogP contribution in [0.2, 0.25) is 0 Å². The molecular weight excluding hydrogens is 200 g/mol. The molecular formula is C8H11N4O3. The Balaban J connectivity index is 3.46. The van der Waals surface area contributed by atoms with Crippen LogP contribution >= 0.6 is 0 Å². The molecule has 0 saturated heterocycles. The van der Waals surface area contributed by atoms with Crippen molar-refractivity contribution in [2.24, 2.45) is 5.73 Å². The fourth-order valence-electron chi connectivity index (χ4n) is 1.38. The zero-order valence-electron chi connectivity index (χ0n) is 8.27. The molecule has 1 heterocycles. The summed E-state index contributed by atoms with van der Waals surface area (Å²) in [6.07, 6.45) is 0.395. The van der Waals surface area contributed by atoms with Gasteiger partial charge in [0, 0.05) is 6.54 Å². The van der Waals surface area contributed by atoms with Crippen molar-refractivity contribution in [3.8, 4) is 0 Å². The SMILES string of the molecule is [CH2]Cn1nc(C(N)=O)c([N+](=O)[O-])c1CC. The number of hydrogen-bond donors (Lipinski definition) is 1. The first-order valence-corrected chi connectivity index (χ1v) is 4.36. The molecule has 0 aliphatic rings. The van der Waals surface area contributed by atoms with Crippen molar-refractivity contribution in [1.82, 2.24) is 9.78 Å². The van der Waals surface area contributed by atoms with Crippen molar-refractivity contribution in [3.63, 3.8) is 0 Å². The van der Waals surface area contributed by atoms with Gasteiger partial charge < -0.3 is 5.73 Å². The monoisotopic (exact) mass is 211 g/mol. The van der Waals surface area contributed by atoms with Gasteiger partial charge >= 0.3 is 5.69 Å². The van der Waals surface area contributed by atoms with Gasteiger partial charge in [-0.05, 0) is 13.3 Å². The summed E-state index contributed by atoms with van der Waals surface area (Å²) >= 11 is 0. The summed E-state index contributed by atoms with van der Waals surface area (Å²) in [5.41, 5.74) is 4.75. The van der Waals surface area contributed by atoms with Gasteiger partial charge in [0.15, 0.2) is 0 Å². The predicted molar refractivity (Wildman–Crippen MR) is 52.1 cm³/mol. The van der Waals surface area contributed by atoms with Gasteiger partial charge in [0.2, 0.25) is 5.69 Å². The van der Waals surface area contributed by atoms with Crippen LogP contribution in [0.3, 0.4) is 0 Å². The van der Waals surface area contributed by atoms with Gasteiger partial charge in [-0.25, -0.2) is 0 Å². The van der Waals surface area contributed by atoms with Crippen LogP contribution in [-0.2, 0) is 13.0 Å². The molecule has 0 aromatic carbocycles. The average Bonchev–Trinajstić information content (AvgIpc) is 2.55. The topological polar surface area (TPSA) is 104 Å². The molecule has 0 atom stereocenters. The lowest BCUT2D eigenvalue weighted by Gasteiger charge is -1.98. The lowest BCUT2D eigenvalue weighted by atomic mass is 10.2. The van der Waals surface area contributed by atoms with E-state index in [0.29, 0.717) is 12.1 Å². The van der Waals surface area contributed by atoms with Gasteiger partial charge in [0.25, 0.3) is 5.91 Å². The minimum absolute atomic E-state index is 0.220. The molecule has 1 radical (unpaired) electrons. The Kier molecular flexibility index (Phi) is 3.03. The van der Waals surface area contributed by atoms with Crippen LogP contribution < -0.4 is 5.73 Å².